The van der Waals surface area contributed by atoms with Gasteiger partial charge in [0.15, 0.2) is 22.8 Å². The van der Waals surface area contributed by atoms with E-state index in [0.717, 1.165) is 73.1 Å². The third kappa shape index (κ3) is 5.07. The average molecular weight is 526 g/mol. The van der Waals surface area contributed by atoms with E-state index >= 15 is 0 Å². The molecular formula is C29H31N7OS. The fraction of sp³-hybridized carbons (Fsp3) is 0.276. The Kier molecular flexibility index (Phi) is 6.94. The van der Waals surface area contributed by atoms with E-state index in [1.54, 1.807) is 18.4 Å². The van der Waals surface area contributed by atoms with Crippen LogP contribution in [-0.2, 0) is 6.42 Å². The maximum absolute atomic E-state index is 5.28. The number of rotatable bonds is 8. The van der Waals surface area contributed by atoms with Crippen molar-refractivity contribution < 1.29 is 4.74 Å². The second-order valence-electron chi connectivity index (χ2n) is 9.53. The van der Waals surface area contributed by atoms with Crippen molar-refractivity contribution >= 4 is 34.0 Å². The topological polar surface area (TPSA) is 71.3 Å². The van der Waals surface area contributed by atoms with Gasteiger partial charge in [-0.2, -0.15) is 11.3 Å². The first-order chi connectivity index (χ1) is 18.7. The van der Waals surface area contributed by atoms with Gasteiger partial charge in [0.2, 0.25) is 0 Å². The van der Waals surface area contributed by atoms with Gasteiger partial charge in [-0.15, -0.1) is 0 Å². The molecule has 0 bridgehead atoms. The molecular weight excluding hydrogens is 494 g/mol. The standard InChI is InChI=1S/C29H31N7OS/c1-34-14-16-35(17-15-34)23-7-5-22(6-8-23)27-32-28(30-13-11-21-3-9-25(37-2)10-4-21)26-29(33-27)36(20-31-26)24-12-18-38-19-24/h3-10,12,18-20H,11,13-17H2,1-2H3,(H,30,32,33). The molecule has 8 nitrogen and oxygen atoms in total. The fourth-order valence-electron chi connectivity index (χ4n) is 4.74. The summed E-state index contributed by atoms with van der Waals surface area (Å²) >= 11 is 1.66. The van der Waals surface area contributed by atoms with Crippen molar-refractivity contribution in [1.29, 1.82) is 0 Å². The van der Waals surface area contributed by atoms with E-state index < -0.39 is 0 Å². The normalized spacial score (nSPS) is 14.2. The van der Waals surface area contributed by atoms with E-state index in [1.807, 2.05) is 23.0 Å². The molecule has 2 aromatic carbocycles. The molecule has 0 aliphatic carbocycles. The van der Waals surface area contributed by atoms with Gasteiger partial charge in [0, 0.05) is 49.4 Å². The highest BCUT2D eigenvalue weighted by Gasteiger charge is 2.17. The van der Waals surface area contributed by atoms with Gasteiger partial charge >= 0.3 is 0 Å². The Morgan fingerprint density at radius 2 is 1.71 bits per heavy atom. The van der Waals surface area contributed by atoms with Crippen LogP contribution in [0.4, 0.5) is 11.5 Å². The minimum atomic E-state index is 0.686. The molecule has 3 aromatic heterocycles. The second kappa shape index (κ2) is 10.8. The number of hydrogen-bond acceptors (Lipinski definition) is 8. The van der Waals surface area contributed by atoms with Gasteiger partial charge in [0.25, 0.3) is 0 Å². The molecule has 0 saturated carbocycles. The van der Waals surface area contributed by atoms with E-state index in [9.17, 15) is 0 Å². The van der Waals surface area contributed by atoms with Crippen molar-refractivity contribution in [2.24, 2.45) is 0 Å². The van der Waals surface area contributed by atoms with Gasteiger partial charge in [-0.25, -0.2) is 15.0 Å². The Balaban J connectivity index is 1.29. The number of imidazole rings is 1. The van der Waals surface area contributed by atoms with Crippen LogP contribution in [-0.4, -0.2) is 71.3 Å². The van der Waals surface area contributed by atoms with Crippen molar-refractivity contribution in [1.82, 2.24) is 24.4 Å². The maximum atomic E-state index is 5.28. The summed E-state index contributed by atoms with van der Waals surface area (Å²) in [5.41, 5.74) is 6.07. The zero-order valence-electron chi connectivity index (χ0n) is 21.7. The number of thiophene rings is 1. The number of methoxy groups -OCH3 is 1. The number of likely N-dealkylation sites (N-methyl/N-ethyl adjacent to an activating group) is 1. The minimum absolute atomic E-state index is 0.686. The van der Waals surface area contributed by atoms with E-state index in [2.05, 4.69) is 75.4 Å². The largest absolute Gasteiger partial charge is 0.497 e. The molecule has 0 amide bonds. The number of benzene rings is 2. The molecule has 4 heterocycles. The predicted molar refractivity (Wildman–Crippen MR) is 155 cm³/mol. The molecule has 0 unspecified atom stereocenters. The summed E-state index contributed by atoms with van der Waals surface area (Å²) in [7, 11) is 3.86. The molecule has 0 radical (unpaired) electrons. The Hall–Kier alpha value is -3.95. The third-order valence-electron chi connectivity index (χ3n) is 7.04. The van der Waals surface area contributed by atoms with Crippen LogP contribution in [0.15, 0.2) is 71.7 Å². The molecule has 1 N–H and O–H groups in total. The Bertz CT molecular complexity index is 1490. The van der Waals surface area contributed by atoms with Crippen LogP contribution >= 0.6 is 11.3 Å². The quantitative estimate of drug-likeness (QED) is 0.307. The zero-order chi connectivity index (χ0) is 25.9. The Morgan fingerprint density at radius 1 is 0.921 bits per heavy atom. The number of nitrogens with zero attached hydrogens (tertiary/aromatic N) is 6. The maximum Gasteiger partial charge on any atom is 0.170 e. The lowest BCUT2D eigenvalue weighted by Crippen LogP contribution is -2.44. The van der Waals surface area contributed by atoms with Crippen LogP contribution in [0, 0.1) is 0 Å². The summed E-state index contributed by atoms with van der Waals surface area (Å²) < 4.78 is 7.31. The van der Waals surface area contributed by atoms with Crippen LogP contribution < -0.4 is 15.0 Å². The monoisotopic (exact) mass is 525 g/mol. The van der Waals surface area contributed by atoms with E-state index in [4.69, 9.17) is 19.7 Å². The summed E-state index contributed by atoms with van der Waals surface area (Å²) in [6.07, 6.45) is 2.69. The van der Waals surface area contributed by atoms with Crippen LogP contribution in [0.3, 0.4) is 0 Å². The Labute approximate surface area is 226 Å². The molecule has 194 valence electrons. The van der Waals surface area contributed by atoms with Crippen molar-refractivity contribution in [2.45, 2.75) is 6.42 Å². The van der Waals surface area contributed by atoms with Crippen molar-refractivity contribution in [3.8, 4) is 22.8 Å². The molecule has 0 spiro atoms. The van der Waals surface area contributed by atoms with Gasteiger partial charge in [0.1, 0.15) is 12.1 Å². The van der Waals surface area contributed by atoms with Crippen LogP contribution in [0.2, 0.25) is 0 Å². The molecule has 5 aromatic rings. The number of ether oxygens (including phenoxy) is 1. The number of piperazine rings is 1. The van der Waals surface area contributed by atoms with Gasteiger partial charge in [0.05, 0.1) is 12.8 Å². The summed E-state index contributed by atoms with van der Waals surface area (Å²) in [5, 5.41) is 7.70. The summed E-state index contributed by atoms with van der Waals surface area (Å²) in [5.74, 6) is 2.29. The number of anilines is 2. The summed E-state index contributed by atoms with van der Waals surface area (Å²) in [6.45, 7) is 4.98. The Morgan fingerprint density at radius 3 is 2.42 bits per heavy atom. The average Bonchev–Trinajstić information content (AvgIpc) is 3.64. The first kappa shape index (κ1) is 24.4. The molecule has 1 fully saturated rings. The van der Waals surface area contributed by atoms with E-state index in [0.29, 0.717) is 5.82 Å². The number of aromatic nitrogens is 4. The molecule has 0 atom stereocenters. The van der Waals surface area contributed by atoms with Gasteiger partial charge in [-0.05, 0) is 66.9 Å². The smallest absolute Gasteiger partial charge is 0.170 e. The molecule has 6 rings (SSSR count). The van der Waals surface area contributed by atoms with Crippen molar-refractivity contribution in [3.05, 3.63) is 77.2 Å². The minimum Gasteiger partial charge on any atom is -0.497 e. The summed E-state index contributed by atoms with van der Waals surface area (Å²) in [6, 6.07) is 18.9. The van der Waals surface area contributed by atoms with Gasteiger partial charge in [-0.3, -0.25) is 4.57 Å². The second-order valence-corrected chi connectivity index (χ2v) is 10.3. The van der Waals surface area contributed by atoms with Crippen molar-refractivity contribution in [3.63, 3.8) is 0 Å². The highest BCUT2D eigenvalue weighted by atomic mass is 32.1. The third-order valence-corrected chi connectivity index (χ3v) is 7.71. The number of nitrogens with one attached hydrogen (secondary N) is 1. The number of fused-ring (bicyclic) bond motifs is 1. The first-order valence-corrected chi connectivity index (χ1v) is 13.8. The van der Waals surface area contributed by atoms with Crippen molar-refractivity contribution in [2.75, 3.05) is 57.1 Å². The highest BCUT2D eigenvalue weighted by Crippen LogP contribution is 2.28. The van der Waals surface area contributed by atoms with Gasteiger partial charge < -0.3 is 19.9 Å². The highest BCUT2D eigenvalue weighted by molar-refractivity contribution is 7.08. The number of hydrogen-bond donors (Lipinski definition) is 1. The lowest BCUT2D eigenvalue weighted by molar-refractivity contribution is 0.313. The van der Waals surface area contributed by atoms with Crippen LogP contribution in [0.5, 0.6) is 5.75 Å². The molecule has 1 saturated heterocycles. The van der Waals surface area contributed by atoms with Gasteiger partial charge in [-0.1, -0.05) is 12.1 Å². The van der Waals surface area contributed by atoms with Crippen LogP contribution in [0.25, 0.3) is 28.2 Å². The SMILES string of the molecule is COc1ccc(CCNc2nc(-c3ccc(N4CCN(C)CC4)cc3)nc3c2ncn3-c2ccsc2)cc1. The molecule has 38 heavy (non-hydrogen) atoms. The van der Waals surface area contributed by atoms with Crippen LogP contribution in [0.1, 0.15) is 5.56 Å². The predicted octanol–water partition coefficient (Wildman–Crippen LogP) is 4.96. The summed E-state index contributed by atoms with van der Waals surface area (Å²) in [4.78, 5) is 19.4. The lowest BCUT2D eigenvalue weighted by atomic mass is 10.1. The van der Waals surface area contributed by atoms with E-state index in [1.165, 1.54) is 11.3 Å². The van der Waals surface area contributed by atoms with E-state index in [-0.39, 0.29) is 0 Å². The molecule has 1 aliphatic rings. The molecule has 1 aliphatic heterocycles. The fourth-order valence-corrected chi connectivity index (χ4v) is 5.37. The first-order valence-electron chi connectivity index (χ1n) is 12.9. The zero-order valence-corrected chi connectivity index (χ0v) is 22.5. The molecule has 9 heteroatoms. The lowest BCUT2D eigenvalue weighted by Gasteiger charge is -2.34.